The summed E-state index contributed by atoms with van der Waals surface area (Å²) in [5.41, 5.74) is -0.433. The largest absolute Gasteiger partial charge is 0.471 e. The minimum Gasteiger partial charge on any atom is -0.426 e. The van der Waals surface area contributed by atoms with Gasteiger partial charge in [0.25, 0.3) is 0 Å². The van der Waals surface area contributed by atoms with Gasteiger partial charge in [-0.15, -0.1) is 0 Å². The number of Topliss-reactive ketones (excluding diaryl/α,β-unsaturated/α-hetero) is 1. The maximum absolute atomic E-state index is 12.8. The molecule has 0 amide bonds. The third kappa shape index (κ3) is 3.35. The van der Waals surface area contributed by atoms with Gasteiger partial charge in [0.15, 0.2) is 0 Å². The van der Waals surface area contributed by atoms with Crippen LogP contribution in [-0.4, -0.2) is 43.1 Å². The van der Waals surface area contributed by atoms with Crippen molar-refractivity contribution in [3.63, 3.8) is 0 Å². The van der Waals surface area contributed by atoms with E-state index in [-0.39, 0.29) is 29.3 Å². The van der Waals surface area contributed by atoms with Crippen LogP contribution in [0.5, 0.6) is 0 Å². The molecule has 0 radical (unpaired) electrons. The van der Waals surface area contributed by atoms with Crippen molar-refractivity contribution in [1.82, 2.24) is 4.72 Å². The number of nitrogens with one attached hydrogen (secondary N) is 1. The van der Waals surface area contributed by atoms with Crippen LogP contribution in [0.2, 0.25) is 0 Å². The molecule has 0 unspecified atom stereocenters. The van der Waals surface area contributed by atoms with Crippen LogP contribution in [0, 0.1) is 16.7 Å². The maximum atomic E-state index is 12.8. The Bertz CT molecular complexity index is 780. The minimum atomic E-state index is -3.87. The number of hydrogen-bond donors (Lipinski definition) is 3. The van der Waals surface area contributed by atoms with E-state index in [1.54, 1.807) is 12.1 Å². The molecule has 0 saturated heterocycles. The van der Waals surface area contributed by atoms with Crippen LogP contribution in [-0.2, 0) is 21.2 Å². The normalized spacial score (nSPS) is 28.3. The van der Waals surface area contributed by atoms with Gasteiger partial charge in [-0.05, 0) is 36.2 Å². The number of sulfonamides is 1. The Kier molecular flexibility index (Phi) is 5.07. The summed E-state index contributed by atoms with van der Waals surface area (Å²) in [5.74, 6) is -1.10. The Balaban J connectivity index is 1.78. The summed E-state index contributed by atoms with van der Waals surface area (Å²) >= 11 is 0. The number of fused-ring (bicyclic) bond motifs is 2. The molecule has 2 saturated carbocycles. The van der Waals surface area contributed by atoms with Gasteiger partial charge in [-0.25, -0.2) is 13.1 Å². The number of carbonyl (C=O) groups excluding carboxylic acids is 1. The second-order valence-electron chi connectivity index (χ2n) is 8.25. The lowest BCUT2D eigenvalue weighted by atomic mass is 9.70. The van der Waals surface area contributed by atoms with E-state index in [0.717, 1.165) is 12.0 Å². The molecule has 1 aromatic rings. The number of hydrogen-bond acceptors (Lipinski definition) is 5. The van der Waals surface area contributed by atoms with E-state index in [1.165, 1.54) is 0 Å². The van der Waals surface area contributed by atoms with Gasteiger partial charge < -0.3 is 10.0 Å². The smallest absolute Gasteiger partial charge is 0.426 e. The first-order chi connectivity index (χ1) is 12.1. The van der Waals surface area contributed by atoms with Gasteiger partial charge in [-0.3, -0.25) is 4.79 Å². The molecule has 3 atom stereocenters. The van der Waals surface area contributed by atoms with Gasteiger partial charge >= 0.3 is 7.12 Å². The lowest BCUT2D eigenvalue weighted by molar-refractivity contribution is -0.128. The zero-order valence-corrected chi connectivity index (χ0v) is 16.0. The topological polar surface area (TPSA) is 104 Å². The Morgan fingerprint density at radius 2 is 1.92 bits per heavy atom. The highest BCUT2D eigenvalue weighted by atomic mass is 32.2. The number of rotatable bonds is 7. The fourth-order valence-electron chi connectivity index (χ4n) is 4.78. The third-order valence-electron chi connectivity index (χ3n) is 6.56. The molecule has 26 heavy (non-hydrogen) atoms. The summed E-state index contributed by atoms with van der Waals surface area (Å²) < 4.78 is 28.1. The Morgan fingerprint density at radius 1 is 1.27 bits per heavy atom. The molecule has 0 aromatic heterocycles. The van der Waals surface area contributed by atoms with Crippen molar-refractivity contribution in [2.24, 2.45) is 16.7 Å². The summed E-state index contributed by atoms with van der Waals surface area (Å²) in [6.45, 7) is 3.96. The maximum Gasteiger partial charge on any atom is 0.471 e. The lowest BCUT2D eigenvalue weighted by Gasteiger charge is -2.36. The van der Waals surface area contributed by atoms with Crippen LogP contribution >= 0.6 is 0 Å². The van der Waals surface area contributed by atoms with E-state index in [9.17, 15) is 23.3 Å². The molecule has 8 heteroatoms. The number of benzene rings is 1. The highest BCUT2D eigenvalue weighted by Gasteiger charge is 2.65. The summed E-state index contributed by atoms with van der Waals surface area (Å²) in [4.78, 5) is 12.6. The van der Waals surface area contributed by atoms with Crippen LogP contribution in [0.1, 0.15) is 38.7 Å². The predicted octanol–water partition coefficient (Wildman–Crippen LogP) is 0.924. The summed E-state index contributed by atoms with van der Waals surface area (Å²) in [7, 11) is -5.70. The first-order valence-electron chi connectivity index (χ1n) is 9.01. The number of ketones is 1. The zero-order valence-electron chi connectivity index (χ0n) is 15.2. The van der Waals surface area contributed by atoms with Crippen LogP contribution in [0.3, 0.4) is 0 Å². The van der Waals surface area contributed by atoms with E-state index in [1.807, 2.05) is 32.0 Å². The lowest BCUT2D eigenvalue weighted by Crippen LogP contribution is -2.52. The molecule has 3 N–H and O–H groups in total. The van der Waals surface area contributed by atoms with Crippen molar-refractivity contribution in [2.45, 2.75) is 45.5 Å². The highest BCUT2D eigenvalue weighted by molar-refractivity contribution is 7.89. The van der Waals surface area contributed by atoms with E-state index in [0.29, 0.717) is 12.8 Å². The Morgan fingerprint density at radius 3 is 2.42 bits per heavy atom. The third-order valence-corrected chi connectivity index (χ3v) is 8.10. The molecule has 6 nitrogen and oxygen atoms in total. The Labute approximate surface area is 155 Å². The van der Waals surface area contributed by atoms with Crippen LogP contribution in [0.25, 0.3) is 0 Å². The molecule has 2 bridgehead atoms. The fourth-order valence-corrected chi connectivity index (χ4v) is 6.86. The molecule has 0 aliphatic heterocycles. The highest BCUT2D eigenvalue weighted by Crippen LogP contribution is 2.64. The van der Waals surface area contributed by atoms with Crippen LogP contribution < -0.4 is 4.72 Å². The van der Waals surface area contributed by atoms with Gasteiger partial charge in [0.05, 0.1) is 11.7 Å². The van der Waals surface area contributed by atoms with Crippen molar-refractivity contribution >= 4 is 22.9 Å². The molecule has 1 aromatic carbocycles. The SMILES string of the molecule is CC1(C)[C@H]2CC[C@]1(CS(=O)(=O)N[C@@H](Cc1ccccc1)B(O)O)C(=O)C2. The molecule has 3 rings (SSSR count). The van der Waals surface area contributed by atoms with Gasteiger partial charge in [0.1, 0.15) is 5.78 Å². The first kappa shape index (κ1) is 19.5. The molecule has 2 aliphatic carbocycles. The standard InChI is InChI=1S/C18H26BNO5S/c1-17(2)14-8-9-18(17,15(21)11-14)12-26(24,25)20-16(19(22)23)10-13-6-4-3-5-7-13/h3-7,14,16,20,22-23H,8-12H2,1-2H3/t14-,16-,18-/m0/s1. The average molecular weight is 379 g/mol. The second kappa shape index (κ2) is 6.75. The van der Waals surface area contributed by atoms with Crippen molar-refractivity contribution in [1.29, 1.82) is 0 Å². The summed E-state index contributed by atoms with van der Waals surface area (Å²) in [5, 5.41) is 19.3. The van der Waals surface area contributed by atoms with Crippen molar-refractivity contribution in [3.8, 4) is 0 Å². The molecule has 2 fully saturated rings. The van der Waals surface area contributed by atoms with E-state index in [2.05, 4.69) is 4.72 Å². The van der Waals surface area contributed by atoms with Crippen molar-refractivity contribution < 1.29 is 23.3 Å². The second-order valence-corrected chi connectivity index (χ2v) is 10.0. The zero-order chi connectivity index (χ0) is 19.2. The van der Waals surface area contributed by atoms with Gasteiger partial charge in [-0.2, -0.15) is 0 Å². The van der Waals surface area contributed by atoms with Gasteiger partial charge in [0.2, 0.25) is 10.0 Å². The fraction of sp³-hybridized carbons (Fsp3) is 0.611. The van der Waals surface area contributed by atoms with Crippen LogP contribution in [0.4, 0.5) is 0 Å². The van der Waals surface area contributed by atoms with E-state index in [4.69, 9.17) is 0 Å². The Hall–Kier alpha value is -1.22. The van der Waals surface area contributed by atoms with E-state index >= 15 is 0 Å². The first-order valence-corrected chi connectivity index (χ1v) is 10.7. The summed E-state index contributed by atoms with van der Waals surface area (Å²) in [6.07, 6.45) is 2.04. The molecule has 0 spiro atoms. The molecular formula is C18H26BNO5S. The average Bonchev–Trinajstić information content (AvgIpc) is 2.88. The van der Waals surface area contributed by atoms with Gasteiger partial charge in [-0.1, -0.05) is 44.2 Å². The molecule has 2 aliphatic rings. The molecular weight excluding hydrogens is 353 g/mol. The van der Waals surface area contributed by atoms with Gasteiger partial charge in [0, 0.05) is 11.8 Å². The van der Waals surface area contributed by atoms with Crippen LogP contribution in [0.15, 0.2) is 30.3 Å². The summed E-state index contributed by atoms with van der Waals surface area (Å²) in [6, 6.07) is 9.05. The van der Waals surface area contributed by atoms with Crippen molar-refractivity contribution in [3.05, 3.63) is 35.9 Å². The monoisotopic (exact) mass is 379 g/mol. The van der Waals surface area contributed by atoms with Crippen molar-refractivity contribution in [2.75, 3.05) is 5.75 Å². The number of carbonyl (C=O) groups is 1. The molecule has 142 valence electrons. The minimum absolute atomic E-state index is 0.0216. The van der Waals surface area contributed by atoms with E-state index < -0.39 is 28.5 Å². The quantitative estimate of drug-likeness (QED) is 0.612. The molecule has 0 heterocycles. The predicted molar refractivity (Wildman–Crippen MR) is 99.6 cm³/mol.